The van der Waals surface area contributed by atoms with Gasteiger partial charge in [-0.25, -0.2) is 4.79 Å². The molecule has 0 unspecified atom stereocenters. The normalized spacial score (nSPS) is 10.2. The SMILES string of the molecule is CNC(=O)Oc1ccnc2ccc(N(C)C)cc12. The van der Waals surface area contributed by atoms with Crippen LogP contribution in [0.15, 0.2) is 30.5 Å². The molecule has 0 spiro atoms. The lowest BCUT2D eigenvalue weighted by Gasteiger charge is -2.14. The van der Waals surface area contributed by atoms with E-state index in [0.29, 0.717) is 5.75 Å². The molecule has 18 heavy (non-hydrogen) atoms. The highest BCUT2D eigenvalue weighted by Crippen LogP contribution is 2.27. The number of carbonyl (C=O) groups excluding carboxylic acids is 1. The number of pyridine rings is 1. The van der Waals surface area contributed by atoms with E-state index in [1.165, 1.54) is 7.05 Å². The fourth-order valence-electron chi connectivity index (χ4n) is 1.63. The highest BCUT2D eigenvalue weighted by atomic mass is 16.6. The van der Waals surface area contributed by atoms with Gasteiger partial charge in [-0.15, -0.1) is 0 Å². The van der Waals surface area contributed by atoms with E-state index in [-0.39, 0.29) is 0 Å². The van der Waals surface area contributed by atoms with E-state index in [1.807, 2.05) is 37.2 Å². The predicted octanol–water partition coefficient (Wildman–Crippen LogP) is 2.02. The maximum Gasteiger partial charge on any atom is 0.412 e. The Morgan fingerprint density at radius 1 is 1.33 bits per heavy atom. The number of amides is 1. The molecule has 1 amide bonds. The van der Waals surface area contributed by atoms with E-state index in [2.05, 4.69) is 10.3 Å². The molecule has 0 aliphatic carbocycles. The molecule has 0 fully saturated rings. The second kappa shape index (κ2) is 4.91. The van der Waals surface area contributed by atoms with Crippen molar-refractivity contribution in [1.29, 1.82) is 0 Å². The van der Waals surface area contributed by atoms with Crippen LogP contribution in [0.3, 0.4) is 0 Å². The van der Waals surface area contributed by atoms with Crippen LogP contribution in [-0.4, -0.2) is 32.2 Å². The molecule has 2 aromatic rings. The highest BCUT2D eigenvalue weighted by Gasteiger charge is 2.08. The Bertz CT molecular complexity index is 581. The van der Waals surface area contributed by atoms with Gasteiger partial charge >= 0.3 is 6.09 Å². The van der Waals surface area contributed by atoms with Gasteiger partial charge in [-0.2, -0.15) is 0 Å². The number of benzene rings is 1. The number of hydrogen-bond donors (Lipinski definition) is 1. The van der Waals surface area contributed by atoms with Crippen LogP contribution in [0.2, 0.25) is 0 Å². The number of anilines is 1. The van der Waals surface area contributed by atoms with Crippen molar-refractivity contribution in [2.24, 2.45) is 0 Å². The van der Waals surface area contributed by atoms with Crippen molar-refractivity contribution in [3.05, 3.63) is 30.5 Å². The number of carbonyl (C=O) groups is 1. The summed E-state index contributed by atoms with van der Waals surface area (Å²) in [5.74, 6) is 0.503. The maximum absolute atomic E-state index is 11.3. The summed E-state index contributed by atoms with van der Waals surface area (Å²) < 4.78 is 5.20. The molecule has 0 saturated carbocycles. The first-order chi connectivity index (χ1) is 8.61. The third-order valence-electron chi connectivity index (χ3n) is 2.61. The highest BCUT2D eigenvalue weighted by molar-refractivity contribution is 5.89. The molecule has 1 N–H and O–H groups in total. The quantitative estimate of drug-likeness (QED) is 0.879. The smallest absolute Gasteiger partial charge is 0.410 e. The molecular weight excluding hydrogens is 230 g/mol. The van der Waals surface area contributed by atoms with Crippen molar-refractivity contribution >= 4 is 22.7 Å². The molecule has 1 aromatic carbocycles. The molecule has 0 bridgehead atoms. The zero-order valence-corrected chi connectivity index (χ0v) is 10.6. The molecule has 5 nitrogen and oxygen atoms in total. The molecule has 94 valence electrons. The first-order valence-electron chi connectivity index (χ1n) is 5.57. The third-order valence-corrected chi connectivity index (χ3v) is 2.61. The number of rotatable bonds is 2. The molecule has 5 heteroatoms. The fraction of sp³-hybridized carbons (Fsp3) is 0.231. The first-order valence-corrected chi connectivity index (χ1v) is 5.57. The average Bonchev–Trinajstić information content (AvgIpc) is 2.38. The van der Waals surface area contributed by atoms with Gasteiger partial charge in [-0.1, -0.05) is 0 Å². The molecule has 0 saturated heterocycles. The summed E-state index contributed by atoms with van der Waals surface area (Å²) in [7, 11) is 5.44. The Hall–Kier alpha value is -2.30. The van der Waals surface area contributed by atoms with E-state index in [0.717, 1.165) is 16.6 Å². The number of aromatic nitrogens is 1. The largest absolute Gasteiger partial charge is 0.412 e. The summed E-state index contributed by atoms with van der Waals surface area (Å²) in [4.78, 5) is 17.5. The Kier molecular flexibility index (Phi) is 3.32. The minimum Gasteiger partial charge on any atom is -0.410 e. The van der Waals surface area contributed by atoms with E-state index < -0.39 is 6.09 Å². The summed E-state index contributed by atoms with van der Waals surface area (Å²) in [5, 5.41) is 3.24. The Morgan fingerprint density at radius 2 is 2.11 bits per heavy atom. The Labute approximate surface area is 105 Å². The number of hydrogen-bond acceptors (Lipinski definition) is 4. The van der Waals surface area contributed by atoms with Gasteiger partial charge in [0.05, 0.1) is 5.52 Å². The van der Waals surface area contributed by atoms with Crippen molar-refractivity contribution < 1.29 is 9.53 Å². The van der Waals surface area contributed by atoms with Gasteiger partial charge in [0.2, 0.25) is 0 Å². The molecule has 1 aromatic heterocycles. The minimum absolute atomic E-state index is 0.488. The fourth-order valence-corrected chi connectivity index (χ4v) is 1.63. The van der Waals surface area contributed by atoms with Crippen molar-refractivity contribution in [2.45, 2.75) is 0 Å². The van der Waals surface area contributed by atoms with Crippen LogP contribution in [0.1, 0.15) is 0 Å². The topological polar surface area (TPSA) is 54.5 Å². The summed E-state index contributed by atoms with van der Waals surface area (Å²) in [6, 6.07) is 7.50. The van der Waals surface area contributed by atoms with Crippen LogP contribution < -0.4 is 15.0 Å². The van der Waals surface area contributed by atoms with Gasteiger partial charge in [-0.05, 0) is 24.3 Å². The van der Waals surface area contributed by atoms with E-state index in [1.54, 1.807) is 12.3 Å². The molecule has 1 heterocycles. The number of fused-ring (bicyclic) bond motifs is 1. The molecular formula is C13H15N3O2. The standard InChI is InChI=1S/C13H15N3O2/c1-14-13(17)18-12-6-7-15-11-5-4-9(16(2)3)8-10(11)12/h4-8H,1-3H3,(H,14,17). The Balaban J connectivity index is 2.51. The van der Waals surface area contributed by atoms with Gasteiger partial charge in [0.15, 0.2) is 0 Å². The zero-order chi connectivity index (χ0) is 13.1. The molecule has 0 radical (unpaired) electrons. The lowest BCUT2D eigenvalue weighted by atomic mass is 10.2. The second-order valence-electron chi connectivity index (χ2n) is 4.04. The minimum atomic E-state index is -0.488. The van der Waals surface area contributed by atoms with Gasteiger partial charge in [0.1, 0.15) is 5.75 Å². The molecule has 0 aliphatic rings. The van der Waals surface area contributed by atoms with Crippen LogP contribution in [0.5, 0.6) is 5.75 Å². The second-order valence-corrected chi connectivity index (χ2v) is 4.04. The number of nitrogens with one attached hydrogen (secondary N) is 1. The lowest BCUT2D eigenvalue weighted by molar-refractivity contribution is 0.203. The number of ether oxygens (including phenoxy) is 1. The van der Waals surface area contributed by atoms with Gasteiger partial charge in [0, 0.05) is 38.4 Å². The van der Waals surface area contributed by atoms with Crippen molar-refractivity contribution in [3.8, 4) is 5.75 Å². The van der Waals surface area contributed by atoms with Crippen LogP contribution in [0.25, 0.3) is 10.9 Å². The number of nitrogens with zero attached hydrogens (tertiary/aromatic N) is 2. The summed E-state index contributed by atoms with van der Waals surface area (Å²) in [5.41, 5.74) is 1.82. The Morgan fingerprint density at radius 3 is 2.78 bits per heavy atom. The first kappa shape index (κ1) is 12.2. The summed E-state index contributed by atoms with van der Waals surface area (Å²) in [6.45, 7) is 0. The predicted molar refractivity (Wildman–Crippen MR) is 71.2 cm³/mol. The lowest BCUT2D eigenvalue weighted by Crippen LogP contribution is -2.22. The third kappa shape index (κ3) is 2.34. The van der Waals surface area contributed by atoms with Crippen LogP contribution >= 0.6 is 0 Å². The molecule has 2 rings (SSSR count). The van der Waals surface area contributed by atoms with Gasteiger partial charge in [-0.3, -0.25) is 4.98 Å². The summed E-state index contributed by atoms with van der Waals surface area (Å²) in [6.07, 6.45) is 1.13. The molecule has 0 atom stereocenters. The molecule has 0 aliphatic heterocycles. The maximum atomic E-state index is 11.3. The van der Waals surface area contributed by atoms with Gasteiger partial charge in [0.25, 0.3) is 0 Å². The van der Waals surface area contributed by atoms with Crippen molar-refractivity contribution in [2.75, 3.05) is 26.0 Å². The van der Waals surface area contributed by atoms with Crippen LogP contribution in [0.4, 0.5) is 10.5 Å². The van der Waals surface area contributed by atoms with E-state index in [9.17, 15) is 4.79 Å². The van der Waals surface area contributed by atoms with Gasteiger partial charge < -0.3 is 15.0 Å². The van der Waals surface area contributed by atoms with E-state index >= 15 is 0 Å². The average molecular weight is 245 g/mol. The van der Waals surface area contributed by atoms with Crippen LogP contribution in [0, 0.1) is 0 Å². The van der Waals surface area contributed by atoms with Crippen LogP contribution in [-0.2, 0) is 0 Å². The van der Waals surface area contributed by atoms with Crippen molar-refractivity contribution in [3.63, 3.8) is 0 Å². The zero-order valence-electron chi connectivity index (χ0n) is 10.6. The van der Waals surface area contributed by atoms with Crippen molar-refractivity contribution in [1.82, 2.24) is 10.3 Å². The van der Waals surface area contributed by atoms with E-state index in [4.69, 9.17) is 4.74 Å². The summed E-state index contributed by atoms with van der Waals surface area (Å²) >= 11 is 0. The monoisotopic (exact) mass is 245 g/mol.